The normalized spacial score (nSPS) is 17.5. The second kappa shape index (κ2) is 8.87. The molecule has 3 N–H and O–H groups in total. The molecule has 0 bridgehead atoms. The van der Waals surface area contributed by atoms with E-state index in [0.29, 0.717) is 19.4 Å². The highest BCUT2D eigenvalue weighted by atomic mass is 16.4. The maximum absolute atomic E-state index is 11.9. The van der Waals surface area contributed by atoms with Gasteiger partial charge in [0.2, 0.25) is 0 Å². The molecule has 0 aromatic heterocycles. The van der Waals surface area contributed by atoms with E-state index in [9.17, 15) is 14.7 Å². The van der Waals surface area contributed by atoms with Gasteiger partial charge in [0.25, 0.3) is 0 Å². The predicted molar refractivity (Wildman–Crippen MR) is 82.4 cm³/mol. The van der Waals surface area contributed by atoms with Gasteiger partial charge in [0.15, 0.2) is 0 Å². The molecule has 0 aromatic rings. The van der Waals surface area contributed by atoms with Gasteiger partial charge in [0.1, 0.15) is 5.54 Å². The van der Waals surface area contributed by atoms with Crippen LogP contribution in [-0.2, 0) is 4.79 Å². The molecule has 0 saturated heterocycles. The number of carbonyl (C=O) groups excluding carboxylic acids is 1. The zero-order valence-electron chi connectivity index (χ0n) is 13.3. The molecule has 2 amide bonds. The molecular weight excluding hydrogens is 270 g/mol. The van der Waals surface area contributed by atoms with Crippen molar-refractivity contribution in [2.75, 3.05) is 26.2 Å². The Kier molecular flexibility index (Phi) is 7.50. The van der Waals surface area contributed by atoms with Gasteiger partial charge in [-0.2, -0.15) is 0 Å². The third-order valence-corrected chi connectivity index (χ3v) is 4.30. The number of hydrogen-bond acceptors (Lipinski definition) is 3. The van der Waals surface area contributed by atoms with Crippen molar-refractivity contribution in [1.82, 2.24) is 15.5 Å². The number of carboxylic acids is 1. The fraction of sp³-hybridized carbons (Fsp3) is 0.867. The maximum Gasteiger partial charge on any atom is 0.329 e. The molecule has 1 rings (SSSR count). The van der Waals surface area contributed by atoms with Crippen LogP contribution in [0.3, 0.4) is 0 Å². The van der Waals surface area contributed by atoms with Crippen molar-refractivity contribution in [1.29, 1.82) is 0 Å². The van der Waals surface area contributed by atoms with Crippen molar-refractivity contribution in [2.24, 2.45) is 0 Å². The van der Waals surface area contributed by atoms with Gasteiger partial charge < -0.3 is 20.6 Å². The first-order valence-electron chi connectivity index (χ1n) is 8.06. The Morgan fingerprint density at radius 3 is 2.29 bits per heavy atom. The van der Waals surface area contributed by atoms with Crippen LogP contribution < -0.4 is 10.6 Å². The van der Waals surface area contributed by atoms with Crippen LogP contribution >= 0.6 is 0 Å². The van der Waals surface area contributed by atoms with Crippen LogP contribution in [0.25, 0.3) is 0 Å². The molecular formula is C15H29N3O3. The van der Waals surface area contributed by atoms with Gasteiger partial charge in [-0.1, -0.05) is 33.1 Å². The third kappa shape index (κ3) is 5.53. The van der Waals surface area contributed by atoms with E-state index in [1.165, 1.54) is 0 Å². The summed E-state index contributed by atoms with van der Waals surface area (Å²) in [6.45, 7) is 7.75. The molecule has 1 saturated carbocycles. The van der Waals surface area contributed by atoms with Crippen LogP contribution in [0.4, 0.5) is 4.79 Å². The van der Waals surface area contributed by atoms with Crippen molar-refractivity contribution in [3.63, 3.8) is 0 Å². The number of amides is 2. The van der Waals surface area contributed by atoms with E-state index in [4.69, 9.17) is 0 Å². The molecule has 6 nitrogen and oxygen atoms in total. The molecule has 0 aromatic carbocycles. The summed E-state index contributed by atoms with van der Waals surface area (Å²) in [5.41, 5.74) is -1.07. The van der Waals surface area contributed by atoms with Gasteiger partial charge in [-0.15, -0.1) is 0 Å². The largest absolute Gasteiger partial charge is 0.480 e. The van der Waals surface area contributed by atoms with Crippen LogP contribution in [0.2, 0.25) is 0 Å². The molecule has 0 atom stereocenters. The first-order valence-corrected chi connectivity index (χ1v) is 8.06. The van der Waals surface area contributed by atoms with Gasteiger partial charge in [0, 0.05) is 6.54 Å². The first-order chi connectivity index (χ1) is 10.0. The predicted octanol–water partition coefficient (Wildman–Crippen LogP) is 1.80. The van der Waals surface area contributed by atoms with Crippen molar-refractivity contribution in [3.05, 3.63) is 0 Å². The SMILES string of the molecule is CCN(CC)CCCNC(=O)NC1(C(=O)O)CCCCC1. The standard InChI is InChI=1S/C15H29N3O3/c1-3-18(4-2)12-8-11-16-14(21)17-15(13(19)20)9-6-5-7-10-15/h3-12H2,1-2H3,(H,19,20)(H2,16,17,21). The molecule has 1 aliphatic rings. The van der Waals surface area contributed by atoms with Gasteiger partial charge in [-0.3, -0.25) is 0 Å². The lowest BCUT2D eigenvalue weighted by Crippen LogP contribution is -2.58. The van der Waals surface area contributed by atoms with E-state index in [1.807, 2.05) is 0 Å². The Morgan fingerprint density at radius 1 is 1.14 bits per heavy atom. The summed E-state index contributed by atoms with van der Waals surface area (Å²) >= 11 is 0. The Hall–Kier alpha value is -1.30. The second-order valence-electron chi connectivity index (χ2n) is 5.71. The van der Waals surface area contributed by atoms with Crippen molar-refractivity contribution in [3.8, 4) is 0 Å². The van der Waals surface area contributed by atoms with E-state index in [0.717, 1.165) is 45.3 Å². The molecule has 6 heteroatoms. The number of carboxylic acid groups (broad SMARTS) is 1. The van der Waals surface area contributed by atoms with Crippen LogP contribution in [0.15, 0.2) is 0 Å². The Balaban J connectivity index is 2.33. The summed E-state index contributed by atoms with van der Waals surface area (Å²) in [6.07, 6.45) is 4.67. The summed E-state index contributed by atoms with van der Waals surface area (Å²) < 4.78 is 0. The van der Waals surface area contributed by atoms with E-state index >= 15 is 0 Å². The lowest BCUT2D eigenvalue weighted by molar-refractivity contribution is -0.145. The number of aliphatic carboxylic acids is 1. The second-order valence-corrected chi connectivity index (χ2v) is 5.71. The van der Waals surface area contributed by atoms with E-state index in [-0.39, 0.29) is 6.03 Å². The van der Waals surface area contributed by atoms with E-state index in [1.54, 1.807) is 0 Å². The van der Waals surface area contributed by atoms with Crippen molar-refractivity contribution in [2.45, 2.75) is 57.9 Å². The number of hydrogen-bond donors (Lipinski definition) is 3. The highest BCUT2D eigenvalue weighted by Crippen LogP contribution is 2.28. The molecule has 1 aliphatic carbocycles. The van der Waals surface area contributed by atoms with Crippen LogP contribution in [-0.4, -0.2) is 53.7 Å². The van der Waals surface area contributed by atoms with Gasteiger partial charge >= 0.3 is 12.0 Å². The van der Waals surface area contributed by atoms with Crippen LogP contribution in [0, 0.1) is 0 Å². The van der Waals surface area contributed by atoms with Gasteiger partial charge in [-0.25, -0.2) is 9.59 Å². The average Bonchev–Trinajstić information content (AvgIpc) is 2.48. The molecule has 0 radical (unpaired) electrons. The zero-order chi connectivity index (χ0) is 15.7. The molecule has 0 aliphatic heterocycles. The fourth-order valence-electron chi connectivity index (χ4n) is 2.85. The minimum Gasteiger partial charge on any atom is -0.480 e. The summed E-state index contributed by atoms with van der Waals surface area (Å²) in [7, 11) is 0. The average molecular weight is 299 g/mol. The summed E-state index contributed by atoms with van der Waals surface area (Å²) in [6, 6.07) is -0.362. The van der Waals surface area contributed by atoms with Crippen molar-refractivity contribution < 1.29 is 14.7 Å². The topological polar surface area (TPSA) is 81.7 Å². The van der Waals surface area contributed by atoms with Gasteiger partial charge in [-0.05, 0) is 38.9 Å². The minimum absolute atomic E-state index is 0.362. The van der Waals surface area contributed by atoms with Gasteiger partial charge in [0.05, 0.1) is 0 Å². The summed E-state index contributed by atoms with van der Waals surface area (Å²) in [5, 5.41) is 14.9. The number of nitrogens with zero attached hydrogens (tertiary/aromatic N) is 1. The maximum atomic E-state index is 11.9. The minimum atomic E-state index is -1.07. The van der Waals surface area contributed by atoms with Crippen LogP contribution in [0.5, 0.6) is 0 Å². The Morgan fingerprint density at radius 2 is 1.76 bits per heavy atom. The Bertz CT molecular complexity index is 337. The van der Waals surface area contributed by atoms with Crippen molar-refractivity contribution >= 4 is 12.0 Å². The number of nitrogens with one attached hydrogen (secondary N) is 2. The smallest absolute Gasteiger partial charge is 0.329 e. The zero-order valence-corrected chi connectivity index (χ0v) is 13.3. The number of urea groups is 1. The number of carbonyl (C=O) groups is 2. The monoisotopic (exact) mass is 299 g/mol. The quantitative estimate of drug-likeness (QED) is 0.597. The highest BCUT2D eigenvalue weighted by molar-refractivity contribution is 5.86. The lowest BCUT2D eigenvalue weighted by atomic mass is 9.82. The molecule has 0 heterocycles. The molecule has 21 heavy (non-hydrogen) atoms. The van der Waals surface area contributed by atoms with E-state index < -0.39 is 11.5 Å². The molecule has 122 valence electrons. The fourth-order valence-corrected chi connectivity index (χ4v) is 2.85. The first kappa shape index (κ1) is 17.8. The summed E-state index contributed by atoms with van der Waals surface area (Å²) in [5.74, 6) is -0.916. The number of rotatable bonds is 8. The van der Waals surface area contributed by atoms with Crippen LogP contribution in [0.1, 0.15) is 52.4 Å². The van der Waals surface area contributed by atoms with E-state index in [2.05, 4.69) is 29.4 Å². The molecule has 0 unspecified atom stereocenters. The third-order valence-electron chi connectivity index (χ3n) is 4.30. The molecule has 1 fully saturated rings. The lowest BCUT2D eigenvalue weighted by Gasteiger charge is -2.33. The highest BCUT2D eigenvalue weighted by Gasteiger charge is 2.40. The molecule has 0 spiro atoms. The Labute approximate surface area is 127 Å². The summed E-state index contributed by atoms with van der Waals surface area (Å²) in [4.78, 5) is 25.7.